The highest BCUT2D eigenvalue weighted by atomic mass is 19.1. The van der Waals surface area contributed by atoms with Crippen LogP contribution in [0.2, 0.25) is 0 Å². The van der Waals surface area contributed by atoms with Gasteiger partial charge in [-0.15, -0.1) is 0 Å². The van der Waals surface area contributed by atoms with E-state index in [9.17, 15) is 4.39 Å². The molecule has 0 atom stereocenters. The van der Waals surface area contributed by atoms with Crippen molar-refractivity contribution in [2.45, 2.75) is 13.3 Å². The van der Waals surface area contributed by atoms with Gasteiger partial charge in [0.1, 0.15) is 0 Å². The normalized spacial score (nSPS) is 18.8. The Bertz CT molecular complexity index is 144. The lowest BCUT2D eigenvalue weighted by atomic mass is 10.4. The van der Waals surface area contributed by atoms with Crippen LogP contribution in [0.3, 0.4) is 0 Å². The van der Waals surface area contributed by atoms with Crippen LogP contribution in [0.5, 0.6) is 0 Å². The average Bonchev–Trinajstić information content (AvgIpc) is 2.15. The summed E-state index contributed by atoms with van der Waals surface area (Å²) in [6.45, 7) is 2.23. The Morgan fingerprint density at radius 2 is 2.44 bits per heavy atom. The third kappa shape index (κ3) is 0.992. The lowest BCUT2D eigenvalue weighted by Crippen LogP contribution is -2.10. The first kappa shape index (κ1) is 6.39. The summed E-state index contributed by atoms with van der Waals surface area (Å²) in [6.07, 6.45) is 0.635. The zero-order valence-electron chi connectivity index (χ0n) is 5.65. The molecular weight excluding hydrogens is 121 g/mol. The molecule has 1 rings (SSSR count). The molecular formula is C6H10FNO. The van der Waals surface area contributed by atoms with Crippen molar-refractivity contribution in [3.05, 3.63) is 11.7 Å². The number of ether oxygens (including phenoxy) is 1. The van der Waals surface area contributed by atoms with Crippen molar-refractivity contribution in [1.29, 1.82) is 0 Å². The maximum atomic E-state index is 12.7. The molecule has 0 aliphatic carbocycles. The van der Waals surface area contributed by atoms with Crippen molar-refractivity contribution in [2.75, 3.05) is 13.8 Å². The van der Waals surface area contributed by atoms with Gasteiger partial charge in [-0.1, -0.05) is 6.92 Å². The molecule has 2 nitrogen and oxygen atoms in total. The molecule has 0 bridgehead atoms. The van der Waals surface area contributed by atoms with Crippen LogP contribution in [0.25, 0.3) is 0 Å². The first-order chi connectivity index (χ1) is 4.25. The average molecular weight is 131 g/mol. The molecule has 9 heavy (non-hydrogen) atoms. The molecule has 0 fully saturated rings. The van der Waals surface area contributed by atoms with E-state index in [-0.39, 0.29) is 5.95 Å². The Hall–Kier alpha value is -0.730. The maximum absolute atomic E-state index is 12.7. The molecule has 52 valence electrons. The van der Waals surface area contributed by atoms with Gasteiger partial charge in [0.25, 0.3) is 0 Å². The molecule has 0 saturated carbocycles. The van der Waals surface area contributed by atoms with E-state index < -0.39 is 0 Å². The number of rotatable bonds is 1. The first-order valence-electron chi connectivity index (χ1n) is 2.98. The van der Waals surface area contributed by atoms with Crippen LogP contribution >= 0.6 is 0 Å². The van der Waals surface area contributed by atoms with Gasteiger partial charge in [-0.2, -0.15) is 4.39 Å². The predicted octanol–water partition coefficient (Wildman–Crippen LogP) is 1.45. The molecule has 0 unspecified atom stereocenters. The van der Waals surface area contributed by atoms with Crippen molar-refractivity contribution >= 4 is 0 Å². The van der Waals surface area contributed by atoms with E-state index in [2.05, 4.69) is 0 Å². The lowest BCUT2D eigenvalue weighted by Gasteiger charge is -2.03. The summed E-state index contributed by atoms with van der Waals surface area (Å²) in [4.78, 5) is 1.44. The number of halogens is 1. The van der Waals surface area contributed by atoms with Gasteiger partial charge in [0, 0.05) is 13.5 Å². The topological polar surface area (TPSA) is 12.5 Å². The highest BCUT2D eigenvalue weighted by Crippen LogP contribution is 2.21. The summed E-state index contributed by atoms with van der Waals surface area (Å²) < 4.78 is 17.6. The molecule has 0 aromatic rings. The quantitative estimate of drug-likeness (QED) is 0.499. The third-order valence-electron chi connectivity index (χ3n) is 1.32. The van der Waals surface area contributed by atoms with E-state index in [1.807, 2.05) is 6.92 Å². The van der Waals surface area contributed by atoms with Crippen molar-refractivity contribution in [2.24, 2.45) is 0 Å². The Kier molecular flexibility index (Phi) is 1.60. The van der Waals surface area contributed by atoms with E-state index in [1.165, 1.54) is 4.90 Å². The van der Waals surface area contributed by atoms with Crippen LogP contribution in [0.1, 0.15) is 13.3 Å². The molecule has 0 radical (unpaired) electrons. The second-order valence-electron chi connectivity index (χ2n) is 2.04. The van der Waals surface area contributed by atoms with Crippen molar-refractivity contribution in [1.82, 2.24) is 4.90 Å². The fraction of sp³-hybridized carbons (Fsp3) is 0.667. The van der Waals surface area contributed by atoms with E-state index in [0.717, 1.165) is 0 Å². The summed E-state index contributed by atoms with van der Waals surface area (Å²) in [5.41, 5.74) is 0. The van der Waals surface area contributed by atoms with Gasteiger partial charge >= 0.3 is 0 Å². The molecule has 1 aliphatic heterocycles. The van der Waals surface area contributed by atoms with Crippen LogP contribution in [-0.4, -0.2) is 18.7 Å². The van der Waals surface area contributed by atoms with Crippen molar-refractivity contribution in [3.8, 4) is 0 Å². The van der Waals surface area contributed by atoms with E-state index in [1.54, 1.807) is 7.05 Å². The van der Waals surface area contributed by atoms with Gasteiger partial charge in [0.2, 0.25) is 5.95 Å². The molecule has 0 spiro atoms. The SMILES string of the molecule is CCC1=C(F)N(C)CO1. The zero-order valence-corrected chi connectivity index (χ0v) is 5.65. The smallest absolute Gasteiger partial charge is 0.230 e. The fourth-order valence-corrected chi connectivity index (χ4v) is 0.752. The van der Waals surface area contributed by atoms with Crippen LogP contribution in [0, 0.1) is 0 Å². The highest BCUT2D eigenvalue weighted by molar-refractivity contribution is 5.02. The van der Waals surface area contributed by atoms with Gasteiger partial charge in [-0.25, -0.2) is 0 Å². The molecule has 0 saturated heterocycles. The molecule has 0 aromatic heterocycles. The number of nitrogens with zero attached hydrogens (tertiary/aromatic N) is 1. The summed E-state index contributed by atoms with van der Waals surface area (Å²) >= 11 is 0. The van der Waals surface area contributed by atoms with Crippen molar-refractivity contribution < 1.29 is 9.13 Å². The monoisotopic (exact) mass is 131 g/mol. The van der Waals surface area contributed by atoms with Crippen LogP contribution in [-0.2, 0) is 4.74 Å². The van der Waals surface area contributed by atoms with Crippen LogP contribution < -0.4 is 0 Å². The Balaban J connectivity index is 2.68. The van der Waals surface area contributed by atoms with E-state index >= 15 is 0 Å². The Morgan fingerprint density at radius 3 is 2.67 bits per heavy atom. The lowest BCUT2D eigenvalue weighted by molar-refractivity contribution is 0.157. The third-order valence-corrected chi connectivity index (χ3v) is 1.32. The van der Waals surface area contributed by atoms with E-state index in [4.69, 9.17) is 4.74 Å². The zero-order chi connectivity index (χ0) is 6.85. The predicted molar refractivity (Wildman–Crippen MR) is 32.1 cm³/mol. The number of allylic oxidation sites excluding steroid dienone is 1. The first-order valence-corrected chi connectivity index (χ1v) is 2.98. The summed E-state index contributed by atoms with van der Waals surface area (Å²) in [5, 5.41) is 0. The van der Waals surface area contributed by atoms with Crippen LogP contribution in [0.15, 0.2) is 11.7 Å². The number of hydrogen-bond acceptors (Lipinski definition) is 2. The molecule has 0 N–H and O–H groups in total. The standard InChI is InChI=1S/C6H10FNO/c1-3-5-6(7)8(2)4-9-5/h3-4H2,1-2H3. The molecule has 1 aliphatic rings. The second kappa shape index (κ2) is 2.25. The largest absolute Gasteiger partial charge is 0.473 e. The molecule has 0 aromatic carbocycles. The Labute approximate surface area is 53.9 Å². The second-order valence-corrected chi connectivity index (χ2v) is 2.04. The molecule has 3 heteroatoms. The van der Waals surface area contributed by atoms with Gasteiger partial charge in [0.15, 0.2) is 12.5 Å². The maximum Gasteiger partial charge on any atom is 0.230 e. The summed E-state index contributed by atoms with van der Waals surface area (Å²) in [5.74, 6) is 0.245. The summed E-state index contributed by atoms with van der Waals surface area (Å²) in [7, 11) is 1.66. The van der Waals surface area contributed by atoms with Gasteiger partial charge in [-0.3, -0.25) is 0 Å². The van der Waals surface area contributed by atoms with Gasteiger partial charge < -0.3 is 9.64 Å². The fourth-order valence-electron chi connectivity index (χ4n) is 0.752. The minimum atomic E-state index is -0.225. The summed E-state index contributed by atoms with van der Waals surface area (Å²) in [6, 6.07) is 0. The Morgan fingerprint density at radius 1 is 1.78 bits per heavy atom. The minimum absolute atomic E-state index is 0.225. The van der Waals surface area contributed by atoms with Crippen LogP contribution in [0.4, 0.5) is 4.39 Å². The van der Waals surface area contributed by atoms with Gasteiger partial charge in [-0.05, 0) is 0 Å². The van der Waals surface area contributed by atoms with Crippen molar-refractivity contribution in [3.63, 3.8) is 0 Å². The minimum Gasteiger partial charge on any atom is -0.473 e. The number of hydrogen-bond donors (Lipinski definition) is 0. The molecule has 1 heterocycles. The highest BCUT2D eigenvalue weighted by Gasteiger charge is 2.18. The van der Waals surface area contributed by atoms with E-state index in [0.29, 0.717) is 18.9 Å². The van der Waals surface area contributed by atoms with Gasteiger partial charge in [0.05, 0.1) is 0 Å². The molecule has 0 amide bonds.